The lowest BCUT2D eigenvalue weighted by molar-refractivity contribution is 0.300. The summed E-state index contributed by atoms with van der Waals surface area (Å²) in [7, 11) is 2.13. The Morgan fingerprint density at radius 1 is 1.50 bits per heavy atom. The van der Waals surface area contributed by atoms with Crippen LogP contribution in [-0.2, 0) is 6.54 Å². The van der Waals surface area contributed by atoms with E-state index in [9.17, 15) is 0 Å². The standard InChI is InChI=1S/C13H18N4S/c1-8-5-9(8)6-17(2)7-11-15-12(14)10-3-4-18-13(10)16-11/h3-4,8-9H,5-7H2,1-2H3,(H2,14,15,16). The average molecular weight is 262 g/mol. The fourth-order valence-corrected chi connectivity index (χ4v) is 3.15. The van der Waals surface area contributed by atoms with Crippen LogP contribution in [0.3, 0.4) is 0 Å². The predicted molar refractivity (Wildman–Crippen MR) is 75.4 cm³/mol. The number of thiophene rings is 1. The summed E-state index contributed by atoms with van der Waals surface area (Å²) >= 11 is 1.62. The van der Waals surface area contributed by atoms with Gasteiger partial charge in [0.05, 0.1) is 11.9 Å². The molecule has 1 saturated carbocycles. The number of hydrogen-bond donors (Lipinski definition) is 1. The van der Waals surface area contributed by atoms with Crippen molar-refractivity contribution in [3.63, 3.8) is 0 Å². The average Bonchev–Trinajstić information content (AvgIpc) is 2.79. The van der Waals surface area contributed by atoms with Crippen LogP contribution in [0.5, 0.6) is 0 Å². The normalized spacial score (nSPS) is 22.8. The van der Waals surface area contributed by atoms with Gasteiger partial charge >= 0.3 is 0 Å². The molecule has 96 valence electrons. The van der Waals surface area contributed by atoms with Gasteiger partial charge in [-0.3, -0.25) is 4.90 Å². The molecular weight excluding hydrogens is 244 g/mol. The highest BCUT2D eigenvalue weighted by atomic mass is 32.1. The van der Waals surface area contributed by atoms with Crippen LogP contribution in [0.4, 0.5) is 5.82 Å². The van der Waals surface area contributed by atoms with Gasteiger partial charge in [0, 0.05) is 6.54 Å². The molecule has 2 aromatic rings. The Labute approximate surface area is 111 Å². The van der Waals surface area contributed by atoms with Crippen LogP contribution in [0.25, 0.3) is 10.2 Å². The Bertz CT molecular complexity index is 565. The zero-order chi connectivity index (χ0) is 12.7. The number of nitrogens with zero attached hydrogens (tertiary/aromatic N) is 3. The van der Waals surface area contributed by atoms with Crippen molar-refractivity contribution < 1.29 is 0 Å². The number of fused-ring (bicyclic) bond motifs is 1. The second kappa shape index (κ2) is 4.48. The van der Waals surface area contributed by atoms with Crippen LogP contribution in [0.2, 0.25) is 0 Å². The number of rotatable bonds is 4. The van der Waals surface area contributed by atoms with Crippen LogP contribution in [0, 0.1) is 11.8 Å². The third-order valence-corrected chi connectivity index (χ3v) is 4.44. The zero-order valence-electron chi connectivity index (χ0n) is 10.8. The summed E-state index contributed by atoms with van der Waals surface area (Å²) in [5.41, 5.74) is 5.95. The molecule has 4 nitrogen and oxygen atoms in total. The molecule has 0 bridgehead atoms. The topological polar surface area (TPSA) is 55.0 Å². The molecule has 0 radical (unpaired) electrons. The van der Waals surface area contributed by atoms with Crippen molar-refractivity contribution in [3.05, 3.63) is 17.3 Å². The first-order chi connectivity index (χ1) is 8.63. The summed E-state index contributed by atoms with van der Waals surface area (Å²) in [4.78, 5) is 12.2. The molecule has 2 atom stereocenters. The van der Waals surface area contributed by atoms with Crippen LogP contribution < -0.4 is 5.73 Å². The van der Waals surface area contributed by atoms with E-state index in [0.717, 1.165) is 41.0 Å². The first-order valence-electron chi connectivity index (χ1n) is 6.31. The van der Waals surface area contributed by atoms with E-state index in [-0.39, 0.29) is 0 Å². The van der Waals surface area contributed by atoms with Gasteiger partial charge in [0.2, 0.25) is 0 Å². The molecule has 3 rings (SSSR count). The van der Waals surface area contributed by atoms with Crippen molar-refractivity contribution in [2.75, 3.05) is 19.3 Å². The minimum atomic E-state index is 0.601. The molecule has 18 heavy (non-hydrogen) atoms. The third kappa shape index (κ3) is 2.33. The number of hydrogen-bond acceptors (Lipinski definition) is 5. The van der Waals surface area contributed by atoms with Gasteiger partial charge in [0.15, 0.2) is 0 Å². The molecule has 2 unspecified atom stereocenters. The van der Waals surface area contributed by atoms with Crippen molar-refractivity contribution in [1.82, 2.24) is 14.9 Å². The van der Waals surface area contributed by atoms with Gasteiger partial charge in [-0.25, -0.2) is 9.97 Å². The van der Waals surface area contributed by atoms with Gasteiger partial charge in [0.1, 0.15) is 16.5 Å². The van der Waals surface area contributed by atoms with E-state index < -0.39 is 0 Å². The Hall–Kier alpha value is -1.20. The summed E-state index contributed by atoms with van der Waals surface area (Å²) in [6, 6.07) is 1.98. The lowest BCUT2D eigenvalue weighted by Gasteiger charge is -2.15. The van der Waals surface area contributed by atoms with Gasteiger partial charge in [-0.15, -0.1) is 11.3 Å². The Morgan fingerprint density at radius 3 is 3.00 bits per heavy atom. The molecule has 0 saturated heterocycles. The monoisotopic (exact) mass is 262 g/mol. The largest absolute Gasteiger partial charge is 0.383 e. The highest BCUT2D eigenvalue weighted by molar-refractivity contribution is 7.16. The van der Waals surface area contributed by atoms with Crippen LogP contribution in [0.15, 0.2) is 11.4 Å². The maximum Gasteiger partial charge on any atom is 0.146 e. The predicted octanol–water partition coefficient (Wildman–Crippen LogP) is 2.36. The van der Waals surface area contributed by atoms with Gasteiger partial charge < -0.3 is 5.73 Å². The fraction of sp³-hybridized carbons (Fsp3) is 0.538. The minimum Gasteiger partial charge on any atom is -0.383 e. The second-order valence-electron chi connectivity index (χ2n) is 5.33. The lowest BCUT2D eigenvalue weighted by Crippen LogP contribution is -2.22. The molecule has 1 aliphatic carbocycles. The SMILES string of the molecule is CC1CC1CN(C)Cc1nc(N)c2ccsc2n1. The summed E-state index contributed by atoms with van der Waals surface area (Å²) in [5, 5.41) is 2.98. The number of nitrogen functional groups attached to an aromatic ring is 1. The van der Waals surface area contributed by atoms with Gasteiger partial charge in [-0.05, 0) is 36.8 Å². The molecule has 1 fully saturated rings. The number of anilines is 1. The summed E-state index contributed by atoms with van der Waals surface area (Å²) in [6.07, 6.45) is 1.36. The second-order valence-corrected chi connectivity index (χ2v) is 6.23. The summed E-state index contributed by atoms with van der Waals surface area (Å²) < 4.78 is 0. The summed E-state index contributed by atoms with van der Waals surface area (Å²) in [6.45, 7) is 4.22. The van der Waals surface area contributed by atoms with E-state index in [2.05, 4.69) is 28.8 Å². The molecule has 1 aliphatic rings. The van der Waals surface area contributed by atoms with E-state index in [1.807, 2.05) is 11.4 Å². The van der Waals surface area contributed by atoms with Crippen molar-refractivity contribution in [3.8, 4) is 0 Å². The van der Waals surface area contributed by atoms with E-state index >= 15 is 0 Å². The highest BCUT2D eigenvalue weighted by Crippen LogP contribution is 2.38. The van der Waals surface area contributed by atoms with Gasteiger partial charge in [-0.2, -0.15) is 0 Å². The van der Waals surface area contributed by atoms with E-state index in [1.165, 1.54) is 6.42 Å². The van der Waals surface area contributed by atoms with E-state index in [1.54, 1.807) is 11.3 Å². The molecule has 0 amide bonds. The highest BCUT2D eigenvalue weighted by Gasteiger charge is 2.33. The molecule has 2 aromatic heterocycles. The van der Waals surface area contributed by atoms with Crippen LogP contribution >= 0.6 is 11.3 Å². The lowest BCUT2D eigenvalue weighted by atomic mass is 10.3. The molecule has 0 aliphatic heterocycles. The number of aromatic nitrogens is 2. The minimum absolute atomic E-state index is 0.601. The quantitative estimate of drug-likeness (QED) is 0.919. The molecule has 2 heterocycles. The summed E-state index contributed by atoms with van der Waals surface area (Å²) in [5.74, 6) is 3.18. The van der Waals surface area contributed by atoms with E-state index in [4.69, 9.17) is 5.73 Å². The third-order valence-electron chi connectivity index (χ3n) is 3.63. The maximum atomic E-state index is 5.95. The first-order valence-corrected chi connectivity index (χ1v) is 7.19. The first kappa shape index (κ1) is 11.9. The van der Waals surface area contributed by atoms with Gasteiger partial charge in [0.25, 0.3) is 0 Å². The molecule has 2 N–H and O–H groups in total. The Morgan fingerprint density at radius 2 is 2.28 bits per heavy atom. The fourth-order valence-electron chi connectivity index (χ4n) is 2.35. The Balaban J connectivity index is 1.73. The van der Waals surface area contributed by atoms with E-state index in [0.29, 0.717) is 5.82 Å². The van der Waals surface area contributed by atoms with Crippen molar-refractivity contribution in [2.24, 2.45) is 11.8 Å². The molecule has 0 spiro atoms. The Kier molecular flexibility index (Phi) is 2.95. The number of nitrogens with two attached hydrogens (primary N) is 1. The maximum absolute atomic E-state index is 5.95. The molecule has 0 aromatic carbocycles. The van der Waals surface area contributed by atoms with Gasteiger partial charge in [-0.1, -0.05) is 6.92 Å². The van der Waals surface area contributed by atoms with Crippen LogP contribution in [-0.4, -0.2) is 28.5 Å². The zero-order valence-corrected chi connectivity index (χ0v) is 11.6. The molecule has 5 heteroatoms. The van der Waals surface area contributed by atoms with Crippen molar-refractivity contribution in [1.29, 1.82) is 0 Å². The van der Waals surface area contributed by atoms with Crippen LogP contribution in [0.1, 0.15) is 19.2 Å². The van der Waals surface area contributed by atoms with Crippen molar-refractivity contribution in [2.45, 2.75) is 19.9 Å². The van der Waals surface area contributed by atoms with Crippen molar-refractivity contribution >= 4 is 27.4 Å². The molecular formula is C13H18N4S. The smallest absolute Gasteiger partial charge is 0.146 e.